The van der Waals surface area contributed by atoms with E-state index in [2.05, 4.69) is 37.4 Å². The molecule has 3 heteroatoms. The first-order valence-corrected chi connectivity index (χ1v) is 6.37. The number of likely N-dealkylation sites (N-methyl/N-ethyl adjacent to an activating group) is 2. The van der Waals surface area contributed by atoms with Gasteiger partial charge in [-0.1, -0.05) is 0 Å². The number of rotatable bonds is 7. The van der Waals surface area contributed by atoms with E-state index in [1.165, 1.54) is 12.2 Å². The molecule has 0 radical (unpaired) electrons. The summed E-state index contributed by atoms with van der Waals surface area (Å²) < 4.78 is 0. The summed E-state index contributed by atoms with van der Waals surface area (Å²) in [4.78, 5) is 2.43. The van der Waals surface area contributed by atoms with Crippen LogP contribution in [0.5, 0.6) is 0 Å². The van der Waals surface area contributed by atoms with E-state index in [9.17, 15) is 0 Å². The van der Waals surface area contributed by atoms with Crippen LogP contribution in [0.3, 0.4) is 0 Å². The van der Waals surface area contributed by atoms with Gasteiger partial charge in [-0.25, -0.2) is 0 Å². The Morgan fingerprint density at radius 3 is 2.46 bits per heavy atom. The summed E-state index contributed by atoms with van der Waals surface area (Å²) >= 11 is 1.93. The zero-order valence-electron chi connectivity index (χ0n) is 9.63. The standard InChI is InChI=1S/C10H24N2S/c1-9(11-3)8-12(4)10(2)6-7-13-5/h9-11H,6-8H2,1-5H3. The molecule has 80 valence electrons. The molecule has 0 aliphatic heterocycles. The fourth-order valence-corrected chi connectivity index (χ4v) is 1.79. The van der Waals surface area contributed by atoms with Crippen molar-refractivity contribution < 1.29 is 0 Å². The van der Waals surface area contributed by atoms with Crippen LogP contribution < -0.4 is 5.32 Å². The molecule has 0 fully saturated rings. The van der Waals surface area contributed by atoms with E-state index in [0.29, 0.717) is 12.1 Å². The van der Waals surface area contributed by atoms with Crippen LogP contribution in [0.25, 0.3) is 0 Å². The van der Waals surface area contributed by atoms with Gasteiger partial charge in [0.05, 0.1) is 0 Å². The molecule has 0 aromatic carbocycles. The molecule has 0 heterocycles. The van der Waals surface area contributed by atoms with Gasteiger partial charge in [0.25, 0.3) is 0 Å². The van der Waals surface area contributed by atoms with Gasteiger partial charge in [0.1, 0.15) is 0 Å². The van der Waals surface area contributed by atoms with Gasteiger partial charge in [-0.15, -0.1) is 0 Å². The summed E-state index contributed by atoms with van der Waals surface area (Å²) in [5.41, 5.74) is 0. The van der Waals surface area contributed by atoms with E-state index in [1.54, 1.807) is 0 Å². The molecule has 2 atom stereocenters. The maximum atomic E-state index is 3.26. The zero-order valence-corrected chi connectivity index (χ0v) is 10.4. The Morgan fingerprint density at radius 1 is 1.38 bits per heavy atom. The molecule has 0 rings (SSSR count). The molecule has 0 aromatic rings. The molecule has 1 N–H and O–H groups in total. The van der Waals surface area contributed by atoms with Gasteiger partial charge in [-0.05, 0) is 46.4 Å². The second-order valence-corrected chi connectivity index (χ2v) is 4.75. The lowest BCUT2D eigenvalue weighted by molar-refractivity contribution is 0.233. The minimum absolute atomic E-state index is 0.585. The van der Waals surface area contributed by atoms with Crippen molar-refractivity contribution in [3.05, 3.63) is 0 Å². The first-order valence-electron chi connectivity index (χ1n) is 4.98. The average molecular weight is 204 g/mol. The average Bonchev–Trinajstić information content (AvgIpc) is 2.13. The Balaban J connectivity index is 3.61. The van der Waals surface area contributed by atoms with E-state index in [0.717, 1.165) is 6.54 Å². The van der Waals surface area contributed by atoms with E-state index in [1.807, 2.05) is 18.8 Å². The smallest absolute Gasteiger partial charge is 0.0163 e. The second-order valence-electron chi connectivity index (χ2n) is 3.76. The molecule has 0 aliphatic carbocycles. The monoisotopic (exact) mass is 204 g/mol. The predicted molar refractivity (Wildman–Crippen MR) is 63.6 cm³/mol. The molecule has 0 saturated carbocycles. The number of thioether (sulfide) groups is 1. The number of nitrogens with zero attached hydrogens (tertiary/aromatic N) is 1. The van der Waals surface area contributed by atoms with Crippen molar-refractivity contribution in [2.45, 2.75) is 32.4 Å². The van der Waals surface area contributed by atoms with Gasteiger partial charge in [0, 0.05) is 18.6 Å². The lowest BCUT2D eigenvalue weighted by atomic mass is 10.2. The van der Waals surface area contributed by atoms with Crippen LogP contribution in [0.15, 0.2) is 0 Å². The largest absolute Gasteiger partial charge is 0.316 e. The normalized spacial score (nSPS) is 16.2. The van der Waals surface area contributed by atoms with Crippen LogP contribution in [0, 0.1) is 0 Å². The first-order chi connectivity index (χ1) is 6.11. The second kappa shape index (κ2) is 7.65. The van der Waals surface area contributed by atoms with Crippen molar-refractivity contribution in [3.8, 4) is 0 Å². The fourth-order valence-electron chi connectivity index (χ4n) is 1.21. The maximum absolute atomic E-state index is 3.26. The van der Waals surface area contributed by atoms with Gasteiger partial charge in [-0.3, -0.25) is 0 Å². The van der Waals surface area contributed by atoms with Gasteiger partial charge in [-0.2, -0.15) is 11.8 Å². The van der Waals surface area contributed by atoms with Crippen molar-refractivity contribution in [1.82, 2.24) is 10.2 Å². The number of nitrogens with one attached hydrogen (secondary N) is 1. The summed E-state index contributed by atoms with van der Waals surface area (Å²) in [5.74, 6) is 1.26. The van der Waals surface area contributed by atoms with E-state index >= 15 is 0 Å². The SMILES string of the molecule is CNC(C)CN(C)C(C)CCSC. The quantitative estimate of drug-likeness (QED) is 0.679. The summed E-state index contributed by atoms with van der Waals surface area (Å²) in [7, 11) is 4.23. The Bertz CT molecular complexity index is 119. The Labute approximate surface area is 87.5 Å². The number of hydrogen-bond acceptors (Lipinski definition) is 3. The highest BCUT2D eigenvalue weighted by Gasteiger charge is 2.10. The van der Waals surface area contributed by atoms with Gasteiger partial charge in [0.2, 0.25) is 0 Å². The topological polar surface area (TPSA) is 15.3 Å². The maximum Gasteiger partial charge on any atom is 0.0163 e. The highest BCUT2D eigenvalue weighted by Crippen LogP contribution is 2.06. The summed E-state index contributed by atoms with van der Waals surface area (Å²) in [6.45, 7) is 5.66. The molecule has 0 aromatic heterocycles. The van der Waals surface area contributed by atoms with Crippen LogP contribution >= 0.6 is 11.8 Å². The van der Waals surface area contributed by atoms with Crippen LogP contribution in [-0.2, 0) is 0 Å². The van der Waals surface area contributed by atoms with E-state index in [4.69, 9.17) is 0 Å². The van der Waals surface area contributed by atoms with E-state index < -0.39 is 0 Å². The molecular weight excluding hydrogens is 180 g/mol. The molecule has 0 aliphatic rings. The van der Waals surface area contributed by atoms with Crippen molar-refractivity contribution in [2.24, 2.45) is 0 Å². The molecular formula is C10H24N2S. The molecule has 0 bridgehead atoms. The third-order valence-corrected chi connectivity index (χ3v) is 3.19. The lowest BCUT2D eigenvalue weighted by Gasteiger charge is -2.27. The lowest BCUT2D eigenvalue weighted by Crippen LogP contribution is -2.40. The Morgan fingerprint density at radius 2 is 2.00 bits per heavy atom. The van der Waals surface area contributed by atoms with Gasteiger partial charge in [0.15, 0.2) is 0 Å². The summed E-state index contributed by atoms with van der Waals surface area (Å²) in [5, 5.41) is 3.26. The highest BCUT2D eigenvalue weighted by molar-refractivity contribution is 7.98. The highest BCUT2D eigenvalue weighted by atomic mass is 32.2. The zero-order chi connectivity index (χ0) is 10.3. The fraction of sp³-hybridized carbons (Fsp3) is 1.00. The summed E-state index contributed by atoms with van der Waals surface area (Å²) in [6.07, 6.45) is 3.46. The van der Waals surface area contributed by atoms with Crippen molar-refractivity contribution >= 4 is 11.8 Å². The molecule has 0 spiro atoms. The summed E-state index contributed by atoms with van der Waals surface area (Å²) in [6, 6.07) is 1.28. The van der Waals surface area contributed by atoms with Crippen molar-refractivity contribution in [1.29, 1.82) is 0 Å². The molecule has 2 unspecified atom stereocenters. The minimum Gasteiger partial charge on any atom is -0.316 e. The Hall–Kier alpha value is 0.270. The Kier molecular flexibility index (Phi) is 7.81. The van der Waals surface area contributed by atoms with Crippen LogP contribution in [0.2, 0.25) is 0 Å². The molecule has 13 heavy (non-hydrogen) atoms. The third kappa shape index (κ3) is 6.36. The van der Waals surface area contributed by atoms with Crippen molar-refractivity contribution in [3.63, 3.8) is 0 Å². The van der Waals surface area contributed by atoms with Gasteiger partial charge >= 0.3 is 0 Å². The first kappa shape index (κ1) is 13.3. The third-order valence-electron chi connectivity index (χ3n) is 2.55. The van der Waals surface area contributed by atoms with Crippen LogP contribution in [0.4, 0.5) is 0 Å². The minimum atomic E-state index is 0.585. The molecule has 0 amide bonds. The van der Waals surface area contributed by atoms with Crippen molar-refractivity contribution in [2.75, 3.05) is 32.6 Å². The molecule has 0 saturated heterocycles. The molecule has 2 nitrogen and oxygen atoms in total. The van der Waals surface area contributed by atoms with E-state index in [-0.39, 0.29) is 0 Å². The number of hydrogen-bond donors (Lipinski definition) is 1. The van der Waals surface area contributed by atoms with Crippen LogP contribution in [-0.4, -0.2) is 49.6 Å². The predicted octanol–water partition coefficient (Wildman–Crippen LogP) is 1.67. The van der Waals surface area contributed by atoms with Gasteiger partial charge < -0.3 is 10.2 Å². The van der Waals surface area contributed by atoms with Crippen LogP contribution in [0.1, 0.15) is 20.3 Å².